The molecule has 6 nitrogen and oxygen atoms in total. The van der Waals surface area contributed by atoms with Crippen molar-refractivity contribution in [2.75, 3.05) is 6.61 Å². The van der Waals surface area contributed by atoms with Crippen LogP contribution in [0.25, 0.3) is 0 Å². The molecule has 0 heterocycles. The lowest BCUT2D eigenvalue weighted by Crippen LogP contribution is -2.08. The zero-order valence-corrected chi connectivity index (χ0v) is 18.8. The van der Waals surface area contributed by atoms with Gasteiger partial charge in [-0.1, -0.05) is 70.1 Å². The van der Waals surface area contributed by atoms with E-state index in [1.165, 1.54) is 50.7 Å². The highest BCUT2D eigenvalue weighted by Gasteiger charge is 2.16. The SMILES string of the molecule is CCCCCCCCCCOc1ccc(C(O)c2ccc(C(=O)O)cc2)cc1CC(=O)O. The highest BCUT2D eigenvalue weighted by Crippen LogP contribution is 2.28. The van der Waals surface area contributed by atoms with Gasteiger partial charge in [-0.2, -0.15) is 0 Å². The Morgan fingerprint density at radius 1 is 0.844 bits per heavy atom. The highest BCUT2D eigenvalue weighted by atomic mass is 16.5. The van der Waals surface area contributed by atoms with Gasteiger partial charge in [0.15, 0.2) is 0 Å². The summed E-state index contributed by atoms with van der Waals surface area (Å²) in [4.78, 5) is 22.3. The molecule has 0 aliphatic carbocycles. The molecule has 1 unspecified atom stereocenters. The summed E-state index contributed by atoms with van der Waals surface area (Å²) in [5.41, 5.74) is 1.71. The molecule has 0 saturated heterocycles. The van der Waals surface area contributed by atoms with Crippen molar-refractivity contribution in [1.82, 2.24) is 0 Å². The summed E-state index contributed by atoms with van der Waals surface area (Å²) in [6, 6.07) is 11.0. The van der Waals surface area contributed by atoms with Gasteiger partial charge in [-0.3, -0.25) is 4.79 Å². The van der Waals surface area contributed by atoms with Crippen molar-refractivity contribution in [2.45, 2.75) is 70.8 Å². The summed E-state index contributed by atoms with van der Waals surface area (Å²) >= 11 is 0. The van der Waals surface area contributed by atoms with Crippen LogP contribution in [0.4, 0.5) is 0 Å². The van der Waals surface area contributed by atoms with Gasteiger partial charge in [-0.25, -0.2) is 4.79 Å². The predicted molar refractivity (Wildman–Crippen MR) is 123 cm³/mol. The van der Waals surface area contributed by atoms with E-state index in [-0.39, 0.29) is 12.0 Å². The fraction of sp³-hybridized carbons (Fsp3) is 0.462. The zero-order chi connectivity index (χ0) is 23.3. The molecule has 32 heavy (non-hydrogen) atoms. The van der Waals surface area contributed by atoms with Crippen molar-refractivity contribution in [1.29, 1.82) is 0 Å². The summed E-state index contributed by atoms with van der Waals surface area (Å²) in [6.45, 7) is 2.74. The number of aliphatic carboxylic acids is 1. The summed E-state index contributed by atoms with van der Waals surface area (Å²) in [5, 5.41) is 29.0. The van der Waals surface area contributed by atoms with Crippen molar-refractivity contribution in [3.63, 3.8) is 0 Å². The number of aliphatic hydroxyl groups excluding tert-OH is 1. The molecule has 0 bridgehead atoms. The molecule has 6 heteroatoms. The number of hydrogen-bond donors (Lipinski definition) is 3. The molecule has 0 saturated carbocycles. The second-order valence-corrected chi connectivity index (χ2v) is 8.09. The maximum atomic E-state index is 11.3. The largest absolute Gasteiger partial charge is 0.493 e. The van der Waals surface area contributed by atoms with E-state index in [2.05, 4.69) is 6.92 Å². The van der Waals surface area contributed by atoms with Crippen molar-refractivity contribution in [3.8, 4) is 5.75 Å². The molecule has 0 spiro atoms. The number of carboxylic acid groups (broad SMARTS) is 2. The lowest BCUT2D eigenvalue weighted by atomic mass is 9.97. The third kappa shape index (κ3) is 8.35. The Morgan fingerprint density at radius 2 is 1.44 bits per heavy atom. The van der Waals surface area contributed by atoms with Crippen LogP contribution in [-0.4, -0.2) is 33.9 Å². The van der Waals surface area contributed by atoms with Crippen LogP contribution in [0.2, 0.25) is 0 Å². The number of hydrogen-bond acceptors (Lipinski definition) is 4. The van der Waals surface area contributed by atoms with E-state index in [1.54, 1.807) is 30.3 Å². The molecule has 0 aromatic heterocycles. The van der Waals surface area contributed by atoms with E-state index in [0.29, 0.717) is 29.0 Å². The van der Waals surface area contributed by atoms with Gasteiger partial charge >= 0.3 is 11.9 Å². The molecule has 0 aliphatic heterocycles. The van der Waals surface area contributed by atoms with Gasteiger partial charge in [0.2, 0.25) is 0 Å². The maximum absolute atomic E-state index is 11.3. The van der Waals surface area contributed by atoms with Crippen molar-refractivity contribution >= 4 is 11.9 Å². The Bertz CT molecular complexity index is 859. The van der Waals surface area contributed by atoms with Crippen molar-refractivity contribution in [2.24, 2.45) is 0 Å². The number of benzene rings is 2. The molecule has 0 radical (unpaired) electrons. The molecule has 3 N–H and O–H groups in total. The minimum Gasteiger partial charge on any atom is -0.493 e. The second-order valence-electron chi connectivity index (χ2n) is 8.09. The van der Waals surface area contributed by atoms with Gasteiger partial charge in [-0.15, -0.1) is 0 Å². The van der Waals surface area contributed by atoms with Gasteiger partial charge in [0, 0.05) is 5.56 Å². The zero-order valence-electron chi connectivity index (χ0n) is 18.8. The minimum absolute atomic E-state index is 0.136. The number of aliphatic hydroxyl groups is 1. The van der Waals surface area contributed by atoms with Crippen LogP contribution in [0.3, 0.4) is 0 Å². The monoisotopic (exact) mass is 442 g/mol. The van der Waals surface area contributed by atoms with Crippen LogP contribution >= 0.6 is 0 Å². The van der Waals surface area contributed by atoms with E-state index < -0.39 is 18.0 Å². The predicted octanol–water partition coefficient (Wildman–Crippen LogP) is 5.61. The Morgan fingerprint density at radius 3 is 2.03 bits per heavy atom. The number of aromatic carboxylic acids is 1. The average Bonchev–Trinajstić information content (AvgIpc) is 2.78. The molecule has 0 aliphatic rings. The van der Waals surface area contributed by atoms with Gasteiger partial charge in [0.25, 0.3) is 0 Å². The molecule has 1 atom stereocenters. The summed E-state index contributed by atoms with van der Waals surface area (Å²) in [6.07, 6.45) is 8.36. The number of carbonyl (C=O) groups is 2. The lowest BCUT2D eigenvalue weighted by Gasteiger charge is -2.16. The van der Waals surface area contributed by atoms with Crippen LogP contribution in [-0.2, 0) is 11.2 Å². The fourth-order valence-electron chi connectivity index (χ4n) is 3.63. The first-order valence-electron chi connectivity index (χ1n) is 11.4. The molecule has 2 aromatic rings. The number of rotatable bonds is 15. The van der Waals surface area contributed by atoms with Crippen LogP contribution in [0, 0.1) is 0 Å². The van der Waals surface area contributed by atoms with Crippen LogP contribution in [0.5, 0.6) is 5.75 Å². The first-order chi connectivity index (χ1) is 15.4. The van der Waals surface area contributed by atoms with Crippen molar-refractivity contribution < 1.29 is 29.6 Å². The summed E-state index contributed by atoms with van der Waals surface area (Å²) in [5.74, 6) is -1.49. The van der Waals surface area contributed by atoms with Crippen LogP contribution < -0.4 is 4.74 Å². The Balaban J connectivity index is 1.96. The summed E-state index contributed by atoms with van der Waals surface area (Å²) < 4.78 is 5.86. The second kappa shape index (κ2) is 13.5. The molecule has 0 fully saturated rings. The number of unbranched alkanes of at least 4 members (excludes halogenated alkanes) is 7. The Kier molecular flexibility index (Phi) is 10.7. The van der Waals surface area contributed by atoms with Gasteiger partial charge in [-0.05, 0) is 41.8 Å². The van der Waals surface area contributed by atoms with Gasteiger partial charge in [0.1, 0.15) is 11.9 Å². The molecule has 2 aromatic carbocycles. The quantitative estimate of drug-likeness (QED) is 0.310. The standard InChI is InChI=1S/C26H34O6/c1-2-3-4-5-6-7-8-9-16-32-23-15-14-21(17-22(23)18-24(27)28)25(29)19-10-12-20(13-11-19)26(30)31/h10-15,17,25,29H,2-9,16,18H2,1H3,(H,27,28)(H,30,31). The molecule has 0 amide bonds. The number of carboxylic acids is 2. The summed E-state index contributed by atoms with van der Waals surface area (Å²) in [7, 11) is 0. The first-order valence-corrected chi connectivity index (χ1v) is 11.4. The molecular weight excluding hydrogens is 408 g/mol. The maximum Gasteiger partial charge on any atom is 0.335 e. The van der Waals surface area contributed by atoms with E-state index in [4.69, 9.17) is 9.84 Å². The molecule has 174 valence electrons. The molecular formula is C26H34O6. The highest BCUT2D eigenvalue weighted by molar-refractivity contribution is 5.87. The van der Waals surface area contributed by atoms with E-state index >= 15 is 0 Å². The van der Waals surface area contributed by atoms with Crippen molar-refractivity contribution in [3.05, 3.63) is 64.7 Å². The van der Waals surface area contributed by atoms with E-state index in [0.717, 1.165) is 12.8 Å². The third-order valence-corrected chi connectivity index (χ3v) is 5.47. The van der Waals surface area contributed by atoms with Gasteiger partial charge < -0.3 is 20.1 Å². The van der Waals surface area contributed by atoms with Gasteiger partial charge in [0.05, 0.1) is 18.6 Å². The van der Waals surface area contributed by atoms with Crippen LogP contribution in [0.1, 0.15) is 91.4 Å². The van der Waals surface area contributed by atoms with E-state index in [1.807, 2.05) is 0 Å². The lowest BCUT2D eigenvalue weighted by molar-refractivity contribution is -0.136. The normalized spacial score (nSPS) is 11.8. The molecule has 2 rings (SSSR count). The fourth-order valence-corrected chi connectivity index (χ4v) is 3.63. The minimum atomic E-state index is -1.03. The first kappa shape index (κ1) is 25.4. The average molecular weight is 443 g/mol. The third-order valence-electron chi connectivity index (χ3n) is 5.47. The smallest absolute Gasteiger partial charge is 0.335 e. The van der Waals surface area contributed by atoms with Crippen LogP contribution in [0.15, 0.2) is 42.5 Å². The Hall–Kier alpha value is -2.86. The number of ether oxygens (including phenoxy) is 1. The topological polar surface area (TPSA) is 104 Å². The van der Waals surface area contributed by atoms with E-state index in [9.17, 15) is 19.8 Å². The Labute approximate surface area is 189 Å².